The minimum atomic E-state index is -0.744. The van der Waals surface area contributed by atoms with Crippen molar-refractivity contribution in [3.05, 3.63) is 101 Å². The first-order chi connectivity index (χ1) is 17.2. The molecular weight excluding hydrogens is 542 g/mol. The third-order valence-electron chi connectivity index (χ3n) is 4.65. The summed E-state index contributed by atoms with van der Waals surface area (Å²) in [5, 5.41) is 36.9. The Bertz CT molecular complexity index is 1330. The maximum Gasteiger partial charge on any atom is 0.301 e. The number of nitrogens with one attached hydrogen (secondary N) is 1. The van der Waals surface area contributed by atoms with Gasteiger partial charge in [0, 0.05) is 18.2 Å². The van der Waals surface area contributed by atoms with Crippen LogP contribution < -0.4 is 14.9 Å². The normalized spacial score (nSPS) is 10.7. The van der Waals surface area contributed by atoms with Gasteiger partial charge in [-0.2, -0.15) is 5.10 Å². The van der Waals surface area contributed by atoms with Gasteiger partial charge < -0.3 is 9.47 Å². The van der Waals surface area contributed by atoms with Crippen molar-refractivity contribution in [1.29, 1.82) is 0 Å². The molecule has 0 saturated carbocycles. The molecule has 186 valence electrons. The van der Waals surface area contributed by atoms with Crippen molar-refractivity contribution >= 4 is 44.9 Å². The maximum atomic E-state index is 11.3. The standard InChI is InChI=1S/C22H18BrN5O8/c1-2-35-21-10-15(12-24-25-19-8-7-17(27(31)32)11-20(19)28(33)34)9-18(23)22(21)36-13-14-3-5-16(6-4-14)26(29)30/h3-12,25H,2,13H2,1H3/b24-12-. The van der Waals surface area contributed by atoms with Crippen molar-refractivity contribution in [1.82, 2.24) is 0 Å². The van der Waals surface area contributed by atoms with Gasteiger partial charge in [0.2, 0.25) is 0 Å². The Labute approximate surface area is 211 Å². The quantitative estimate of drug-likeness (QED) is 0.178. The lowest BCUT2D eigenvalue weighted by atomic mass is 10.2. The number of halogens is 1. The summed E-state index contributed by atoms with van der Waals surface area (Å²) < 4.78 is 12.1. The first-order valence-corrected chi connectivity index (χ1v) is 11.0. The summed E-state index contributed by atoms with van der Waals surface area (Å²) in [6.45, 7) is 2.27. The zero-order valence-corrected chi connectivity index (χ0v) is 20.2. The van der Waals surface area contributed by atoms with Gasteiger partial charge >= 0.3 is 5.69 Å². The van der Waals surface area contributed by atoms with Crippen molar-refractivity contribution in [2.75, 3.05) is 12.0 Å². The molecule has 0 radical (unpaired) electrons. The highest BCUT2D eigenvalue weighted by Gasteiger charge is 2.19. The Hall–Kier alpha value is -4.59. The summed E-state index contributed by atoms with van der Waals surface area (Å²) in [4.78, 5) is 31.0. The first kappa shape index (κ1) is 26.0. The first-order valence-electron chi connectivity index (χ1n) is 10.2. The molecule has 0 heterocycles. The van der Waals surface area contributed by atoms with E-state index in [9.17, 15) is 30.3 Å². The molecule has 0 spiro atoms. The summed E-state index contributed by atoms with van der Waals surface area (Å²) >= 11 is 3.43. The van der Waals surface area contributed by atoms with Gasteiger partial charge in [-0.1, -0.05) is 0 Å². The van der Waals surface area contributed by atoms with Crippen molar-refractivity contribution in [3.63, 3.8) is 0 Å². The molecule has 0 atom stereocenters. The summed E-state index contributed by atoms with van der Waals surface area (Å²) in [6.07, 6.45) is 1.39. The lowest BCUT2D eigenvalue weighted by molar-refractivity contribution is -0.393. The summed E-state index contributed by atoms with van der Waals surface area (Å²) in [6, 6.07) is 12.5. The van der Waals surface area contributed by atoms with E-state index in [1.807, 2.05) is 0 Å². The van der Waals surface area contributed by atoms with E-state index in [1.165, 1.54) is 24.4 Å². The average Bonchev–Trinajstić information content (AvgIpc) is 2.84. The van der Waals surface area contributed by atoms with Gasteiger partial charge in [0.05, 0.1) is 38.1 Å². The smallest absolute Gasteiger partial charge is 0.301 e. The van der Waals surface area contributed by atoms with E-state index in [2.05, 4.69) is 26.5 Å². The fraction of sp³-hybridized carbons (Fsp3) is 0.136. The lowest BCUT2D eigenvalue weighted by Crippen LogP contribution is -2.02. The fourth-order valence-electron chi connectivity index (χ4n) is 2.99. The van der Waals surface area contributed by atoms with E-state index in [-0.39, 0.29) is 18.0 Å². The molecule has 0 bridgehead atoms. The van der Waals surface area contributed by atoms with Crippen LogP contribution in [0.1, 0.15) is 18.1 Å². The average molecular weight is 560 g/mol. The van der Waals surface area contributed by atoms with Crippen LogP contribution in [0.15, 0.2) is 64.2 Å². The molecule has 0 unspecified atom stereocenters. The Morgan fingerprint density at radius 1 is 0.917 bits per heavy atom. The number of anilines is 1. The van der Waals surface area contributed by atoms with Gasteiger partial charge in [-0.15, -0.1) is 0 Å². The number of hydrogen-bond acceptors (Lipinski definition) is 10. The highest BCUT2D eigenvalue weighted by molar-refractivity contribution is 9.10. The third-order valence-corrected chi connectivity index (χ3v) is 5.24. The molecule has 0 fully saturated rings. The van der Waals surface area contributed by atoms with Crippen molar-refractivity contribution < 1.29 is 24.2 Å². The van der Waals surface area contributed by atoms with Crippen LogP contribution in [0, 0.1) is 30.3 Å². The van der Waals surface area contributed by atoms with Gasteiger partial charge in [0.25, 0.3) is 11.4 Å². The number of nitro groups is 3. The fourth-order valence-corrected chi connectivity index (χ4v) is 3.56. The minimum absolute atomic E-state index is 0.0194. The van der Waals surface area contributed by atoms with E-state index >= 15 is 0 Å². The molecule has 3 rings (SSSR count). The van der Waals surface area contributed by atoms with E-state index in [0.717, 1.165) is 17.7 Å². The molecule has 36 heavy (non-hydrogen) atoms. The molecule has 0 amide bonds. The van der Waals surface area contributed by atoms with E-state index in [1.54, 1.807) is 31.2 Å². The molecule has 3 aromatic rings. The van der Waals surface area contributed by atoms with Gasteiger partial charge in [-0.25, -0.2) is 0 Å². The number of nitrogens with zero attached hydrogens (tertiary/aromatic N) is 4. The van der Waals surface area contributed by atoms with Crippen molar-refractivity contribution in [2.45, 2.75) is 13.5 Å². The summed E-state index contributed by atoms with van der Waals surface area (Å²) in [7, 11) is 0. The number of ether oxygens (including phenoxy) is 2. The predicted octanol–water partition coefficient (Wildman–Crippen LogP) is 5.60. The highest BCUT2D eigenvalue weighted by atomic mass is 79.9. The number of hydrazone groups is 1. The van der Waals surface area contributed by atoms with Crippen molar-refractivity contribution in [2.24, 2.45) is 5.10 Å². The molecule has 0 aliphatic rings. The molecular formula is C22H18BrN5O8. The van der Waals surface area contributed by atoms with E-state index < -0.39 is 26.1 Å². The molecule has 0 saturated heterocycles. The monoisotopic (exact) mass is 559 g/mol. The van der Waals surface area contributed by atoms with Crippen molar-refractivity contribution in [3.8, 4) is 11.5 Å². The minimum Gasteiger partial charge on any atom is -0.490 e. The Morgan fingerprint density at radius 2 is 1.58 bits per heavy atom. The molecule has 13 nitrogen and oxygen atoms in total. The largest absolute Gasteiger partial charge is 0.490 e. The molecule has 3 aromatic carbocycles. The number of benzene rings is 3. The molecule has 0 aliphatic carbocycles. The highest BCUT2D eigenvalue weighted by Crippen LogP contribution is 2.37. The van der Waals surface area contributed by atoms with Crippen LogP contribution in [0.5, 0.6) is 11.5 Å². The Morgan fingerprint density at radius 3 is 2.19 bits per heavy atom. The van der Waals surface area contributed by atoms with Gasteiger partial charge in [-0.05, 0) is 64.3 Å². The van der Waals surface area contributed by atoms with E-state index in [0.29, 0.717) is 28.1 Å². The second-order valence-corrected chi connectivity index (χ2v) is 7.92. The van der Waals surface area contributed by atoms with Crippen LogP contribution in [-0.2, 0) is 6.61 Å². The number of hydrogen-bond donors (Lipinski definition) is 1. The molecule has 1 N–H and O–H groups in total. The zero-order valence-electron chi connectivity index (χ0n) is 18.6. The van der Waals surface area contributed by atoms with Crippen LogP contribution in [0.2, 0.25) is 0 Å². The SMILES string of the molecule is CCOc1cc(/C=N\Nc2ccc([N+](=O)[O-])cc2[N+](=O)[O-])cc(Br)c1OCc1ccc([N+](=O)[O-])cc1. The van der Waals surface area contributed by atoms with Crippen LogP contribution in [-0.4, -0.2) is 27.6 Å². The topological polar surface area (TPSA) is 172 Å². The second kappa shape index (κ2) is 11.7. The molecule has 0 aromatic heterocycles. The number of nitro benzene ring substituents is 3. The maximum absolute atomic E-state index is 11.3. The third kappa shape index (κ3) is 6.50. The zero-order chi connectivity index (χ0) is 26.2. The summed E-state index contributed by atoms with van der Waals surface area (Å²) in [5.41, 5.74) is 2.86. The van der Waals surface area contributed by atoms with Gasteiger partial charge in [-0.3, -0.25) is 35.8 Å². The van der Waals surface area contributed by atoms with Crippen LogP contribution in [0.25, 0.3) is 0 Å². The lowest BCUT2D eigenvalue weighted by Gasteiger charge is -2.14. The summed E-state index contributed by atoms with van der Waals surface area (Å²) in [5.74, 6) is 0.808. The second-order valence-electron chi connectivity index (χ2n) is 7.06. The van der Waals surface area contributed by atoms with Crippen LogP contribution in [0.3, 0.4) is 0 Å². The van der Waals surface area contributed by atoms with Gasteiger partial charge in [0.1, 0.15) is 12.3 Å². The predicted molar refractivity (Wildman–Crippen MR) is 134 cm³/mol. The Balaban J connectivity index is 1.78. The van der Waals surface area contributed by atoms with E-state index in [4.69, 9.17) is 9.47 Å². The molecule has 0 aliphatic heterocycles. The Kier molecular flexibility index (Phi) is 8.46. The van der Waals surface area contributed by atoms with Crippen LogP contribution >= 0.6 is 15.9 Å². The van der Waals surface area contributed by atoms with Crippen LogP contribution in [0.4, 0.5) is 22.7 Å². The number of non-ortho nitro benzene ring substituents is 2. The van der Waals surface area contributed by atoms with Gasteiger partial charge in [0.15, 0.2) is 11.5 Å². The molecule has 14 heteroatoms. The number of rotatable bonds is 11.